The van der Waals surface area contributed by atoms with Gasteiger partial charge in [-0.05, 0) is 64.7 Å². The van der Waals surface area contributed by atoms with Crippen molar-refractivity contribution in [3.05, 3.63) is 42.0 Å². The molecular formula is C28H41N3O7. The van der Waals surface area contributed by atoms with Gasteiger partial charge in [-0.15, -0.1) is 11.6 Å². The topological polar surface area (TPSA) is 125 Å². The number of nitrogens with zero attached hydrogens (tertiary/aromatic N) is 1. The average molecular weight is 532 g/mol. The van der Waals surface area contributed by atoms with E-state index in [2.05, 4.69) is 22.2 Å². The monoisotopic (exact) mass is 531 g/mol. The number of hydrogen-bond acceptors (Lipinski definition) is 7. The molecule has 1 aromatic rings. The maximum absolute atomic E-state index is 12.8. The molecule has 1 amide bonds. The maximum atomic E-state index is 12.8. The molecule has 2 rings (SSSR count). The molecule has 0 saturated carbocycles. The van der Waals surface area contributed by atoms with Gasteiger partial charge in [0.2, 0.25) is 5.96 Å². The third kappa shape index (κ3) is 9.08. The van der Waals surface area contributed by atoms with E-state index in [1.807, 2.05) is 13.0 Å². The SMILES string of the molecule is C=CCCCC(CC)(CC(=O)OC)N/C(=N\C(=O)OC(C)(C)C)N[C@@H]1CCOc2ccc(C(=O)OC)cc21. The van der Waals surface area contributed by atoms with Gasteiger partial charge >= 0.3 is 18.0 Å². The summed E-state index contributed by atoms with van der Waals surface area (Å²) in [5.74, 6) is -0.0814. The van der Waals surface area contributed by atoms with Gasteiger partial charge in [0.1, 0.15) is 11.4 Å². The number of allylic oxidation sites excluding steroid dienone is 1. The fourth-order valence-electron chi connectivity index (χ4n) is 4.20. The molecule has 1 heterocycles. The van der Waals surface area contributed by atoms with Gasteiger partial charge in [-0.2, -0.15) is 0 Å². The zero-order chi connectivity index (χ0) is 28.3. The Bertz CT molecular complexity index is 1030. The van der Waals surface area contributed by atoms with Crippen molar-refractivity contribution in [2.75, 3.05) is 20.8 Å². The molecule has 1 aliphatic heterocycles. The summed E-state index contributed by atoms with van der Waals surface area (Å²) < 4.78 is 21.1. The molecule has 1 aromatic carbocycles. The highest BCUT2D eigenvalue weighted by molar-refractivity contribution is 5.92. The van der Waals surface area contributed by atoms with Gasteiger partial charge in [0.05, 0.1) is 44.4 Å². The predicted molar refractivity (Wildman–Crippen MR) is 144 cm³/mol. The van der Waals surface area contributed by atoms with E-state index >= 15 is 0 Å². The van der Waals surface area contributed by atoms with Gasteiger partial charge in [0.25, 0.3) is 0 Å². The van der Waals surface area contributed by atoms with Gasteiger partial charge in [-0.1, -0.05) is 13.0 Å². The van der Waals surface area contributed by atoms with Crippen LogP contribution in [0.25, 0.3) is 0 Å². The molecule has 0 radical (unpaired) electrons. The molecule has 2 N–H and O–H groups in total. The lowest BCUT2D eigenvalue weighted by atomic mass is 9.86. The van der Waals surface area contributed by atoms with Crippen molar-refractivity contribution in [1.82, 2.24) is 10.6 Å². The second-order valence-corrected chi connectivity index (χ2v) is 10.2. The van der Waals surface area contributed by atoms with Crippen LogP contribution in [0.15, 0.2) is 35.8 Å². The van der Waals surface area contributed by atoms with E-state index in [-0.39, 0.29) is 24.4 Å². The van der Waals surface area contributed by atoms with Gasteiger partial charge < -0.3 is 29.6 Å². The molecule has 0 aromatic heterocycles. The van der Waals surface area contributed by atoms with Crippen LogP contribution in [-0.4, -0.2) is 56.0 Å². The van der Waals surface area contributed by atoms with Crippen LogP contribution in [0.1, 0.15) is 88.2 Å². The third-order valence-electron chi connectivity index (χ3n) is 6.21. The first-order chi connectivity index (χ1) is 18.0. The normalized spacial score (nSPS) is 16.7. The minimum Gasteiger partial charge on any atom is -0.493 e. The molecule has 0 fully saturated rings. The summed E-state index contributed by atoms with van der Waals surface area (Å²) in [5.41, 5.74) is -0.393. The van der Waals surface area contributed by atoms with Crippen molar-refractivity contribution in [3.8, 4) is 5.75 Å². The van der Waals surface area contributed by atoms with Crippen molar-refractivity contribution in [2.24, 2.45) is 4.99 Å². The van der Waals surface area contributed by atoms with Crippen molar-refractivity contribution in [2.45, 2.75) is 83.4 Å². The number of nitrogens with one attached hydrogen (secondary N) is 2. The maximum Gasteiger partial charge on any atom is 0.437 e. The third-order valence-corrected chi connectivity index (χ3v) is 6.21. The van der Waals surface area contributed by atoms with Crippen LogP contribution in [-0.2, 0) is 19.0 Å². The average Bonchev–Trinajstić information content (AvgIpc) is 2.86. The minimum atomic E-state index is -0.780. The van der Waals surface area contributed by atoms with E-state index in [9.17, 15) is 14.4 Å². The molecule has 10 heteroatoms. The van der Waals surface area contributed by atoms with E-state index in [0.717, 1.165) is 18.4 Å². The molecule has 0 aliphatic carbocycles. The summed E-state index contributed by atoms with van der Waals surface area (Å²) in [6.07, 6.45) is 4.36. The molecule has 0 bridgehead atoms. The number of aliphatic imine (C=N–C) groups is 1. The molecule has 38 heavy (non-hydrogen) atoms. The lowest BCUT2D eigenvalue weighted by Crippen LogP contribution is -2.55. The number of amides is 1. The molecule has 10 nitrogen and oxygen atoms in total. The molecule has 2 atom stereocenters. The smallest absolute Gasteiger partial charge is 0.437 e. The number of guanidine groups is 1. The molecule has 1 aliphatic rings. The van der Waals surface area contributed by atoms with Crippen LogP contribution in [0, 0.1) is 0 Å². The number of fused-ring (bicyclic) bond motifs is 1. The van der Waals surface area contributed by atoms with Crippen molar-refractivity contribution < 1.29 is 33.3 Å². The summed E-state index contributed by atoms with van der Waals surface area (Å²) >= 11 is 0. The highest BCUT2D eigenvalue weighted by Gasteiger charge is 2.34. The number of carbonyl (C=O) groups excluding carboxylic acids is 3. The Balaban J connectivity index is 2.48. The predicted octanol–water partition coefficient (Wildman–Crippen LogP) is 4.84. The Morgan fingerprint density at radius 3 is 2.55 bits per heavy atom. The van der Waals surface area contributed by atoms with E-state index in [1.54, 1.807) is 39.0 Å². The summed E-state index contributed by atoms with van der Waals surface area (Å²) in [6, 6.07) is 4.71. The van der Waals surface area contributed by atoms with Crippen LogP contribution in [0.5, 0.6) is 5.75 Å². The van der Waals surface area contributed by atoms with Gasteiger partial charge in [-0.3, -0.25) is 4.79 Å². The summed E-state index contributed by atoms with van der Waals surface area (Å²) in [6.45, 7) is 11.4. The first kappa shape index (κ1) is 30.7. The van der Waals surface area contributed by atoms with Crippen LogP contribution in [0.2, 0.25) is 0 Å². The number of rotatable bonds is 10. The first-order valence-corrected chi connectivity index (χ1v) is 12.8. The second kappa shape index (κ2) is 13.8. The highest BCUT2D eigenvalue weighted by Crippen LogP contribution is 2.33. The number of hydrogen-bond donors (Lipinski definition) is 2. The Morgan fingerprint density at radius 1 is 1.21 bits per heavy atom. The zero-order valence-corrected chi connectivity index (χ0v) is 23.3. The van der Waals surface area contributed by atoms with Crippen LogP contribution >= 0.6 is 0 Å². The van der Waals surface area contributed by atoms with Crippen molar-refractivity contribution in [3.63, 3.8) is 0 Å². The lowest BCUT2D eigenvalue weighted by molar-refractivity contribution is -0.142. The zero-order valence-electron chi connectivity index (χ0n) is 23.3. The van der Waals surface area contributed by atoms with Crippen LogP contribution in [0.3, 0.4) is 0 Å². The largest absolute Gasteiger partial charge is 0.493 e. The molecule has 0 saturated heterocycles. The first-order valence-electron chi connectivity index (χ1n) is 12.8. The minimum absolute atomic E-state index is 0.0724. The van der Waals surface area contributed by atoms with Gasteiger partial charge in [-0.25, -0.2) is 9.59 Å². The van der Waals surface area contributed by atoms with Gasteiger partial charge in [0.15, 0.2) is 0 Å². The number of unbranched alkanes of at least 4 members (excludes halogenated alkanes) is 1. The Labute approximate surface area is 225 Å². The summed E-state index contributed by atoms with van der Waals surface area (Å²) in [4.78, 5) is 41.6. The number of benzene rings is 1. The van der Waals surface area contributed by atoms with Gasteiger partial charge in [0, 0.05) is 12.0 Å². The summed E-state index contributed by atoms with van der Waals surface area (Å²) in [7, 11) is 2.67. The van der Waals surface area contributed by atoms with E-state index in [4.69, 9.17) is 18.9 Å². The fraction of sp³-hybridized carbons (Fsp3) is 0.571. The van der Waals surface area contributed by atoms with E-state index < -0.39 is 23.2 Å². The van der Waals surface area contributed by atoms with Crippen LogP contribution < -0.4 is 15.4 Å². The van der Waals surface area contributed by atoms with Crippen molar-refractivity contribution >= 4 is 24.0 Å². The van der Waals surface area contributed by atoms with E-state index in [0.29, 0.717) is 37.2 Å². The number of esters is 2. The second-order valence-electron chi connectivity index (χ2n) is 10.2. The highest BCUT2D eigenvalue weighted by atomic mass is 16.6. The Morgan fingerprint density at radius 2 is 1.95 bits per heavy atom. The van der Waals surface area contributed by atoms with Crippen molar-refractivity contribution in [1.29, 1.82) is 0 Å². The van der Waals surface area contributed by atoms with Crippen LogP contribution in [0.4, 0.5) is 4.79 Å². The standard InChI is InChI=1S/C28H41N3O7/c1-8-10-11-15-28(9-2,18-23(32)35-6)31-25(30-26(34)38-27(3,4)5)29-21-14-16-37-22-13-12-19(17-20(21)22)24(33)36-7/h8,12-13,17,21H,1,9-11,14-16,18H2,2-7H3,(H2,29,30,31,34)/t21-,28?/m1/s1. The number of methoxy groups -OCH3 is 2. The Kier molecular flexibility index (Phi) is 11.2. The lowest BCUT2D eigenvalue weighted by Gasteiger charge is -2.36. The van der Waals surface area contributed by atoms with E-state index in [1.165, 1.54) is 14.2 Å². The molecule has 0 spiro atoms. The fourth-order valence-corrected chi connectivity index (χ4v) is 4.20. The Hall–Kier alpha value is -3.56. The number of ether oxygens (including phenoxy) is 4. The molecule has 210 valence electrons. The number of carbonyl (C=O) groups is 3. The quantitative estimate of drug-likeness (QED) is 0.109. The summed E-state index contributed by atoms with van der Waals surface area (Å²) in [5, 5.41) is 6.67. The molecule has 1 unspecified atom stereocenters. The molecular weight excluding hydrogens is 490 g/mol.